The van der Waals surface area contributed by atoms with E-state index in [1.807, 2.05) is 0 Å². The fourth-order valence-electron chi connectivity index (χ4n) is 1.69. The number of hydrogen-bond acceptors (Lipinski definition) is 4. The van der Waals surface area contributed by atoms with Crippen molar-refractivity contribution < 1.29 is 24.2 Å². The molecule has 2 heterocycles. The van der Waals surface area contributed by atoms with Crippen molar-refractivity contribution in [3.05, 3.63) is 34.9 Å². The first-order valence-electron chi connectivity index (χ1n) is 4.40. The van der Waals surface area contributed by atoms with Crippen LogP contribution in [-0.4, -0.2) is 23.3 Å². The van der Waals surface area contributed by atoms with Crippen LogP contribution in [0.3, 0.4) is 0 Å². The molecule has 1 aromatic rings. The summed E-state index contributed by atoms with van der Waals surface area (Å²) in [5.74, 6) is -1.48. The van der Waals surface area contributed by atoms with Gasteiger partial charge in [0, 0.05) is 5.56 Å². The van der Waals surface area contributed by atoms with Gasteiger partial charge in [-0.2, -0.15) is 0 Å². The van der Waals surface area contributed by atoms with E-state index in [9.17, 15) is 9.59 Å². The largest absolute Gasteiger partial charge is 0.478 e. The molecule has 1 aromatic carbocycles. The normalized spacial score (nSPS) is 26.3. The van der Waals surface area contributed by atoms with Gasteiger partial charge in [0.15, 0.2) is 6.10 Å². The van der Waals surface area contributed by atoms with E-state index < -0.39 is 18.2 Å². The summed E-state index contributed by atoms with van der Waals surface area (Å²) in [5.41, 5.74) is 1.15. The molecule has 1 N–H and O–H groups in total. The van der Waals surface area contributed by atoms with Crippen molar-refractivity contribution in [1.82, 2.24) is 0 Å². The van der Waals surface area contributed by atoms with Crippen LogP contribution >= 0.6 is 0 Å². The number of carbonyl (C=O) groups is 2. The zero-order valence-corrected chi connectivity index (χ0v) is 7.47. The fourth-order valence-corrected chi connectivity index (χ4v) is 1.69. The number of carboxylic acids is 1. The maximum Gasteiger partial charge on any atom is 0.340 e. The summed E-state index contributed by atoms with van der Waals surface area (Å²) in [6.07, 6.45) is -0.800. The summed E-state index contributed by atoms with van der Waals surface area (Å²) in [6, 6.07) is 4.30. The smallest absolute Gasteiger partial charge is 0.340 e. The van der Waals surface area contributed by atoms with Crippen LogP contribution in [0.5, 0.6) is 0 Å². The van der Waals surface area contributed by atoms with Crippen molar-refractivity contribution in [3.8, 4) is 0 Å². The van der Waals surface area contributed by atoms with E-state index in [1.54, 1.807) is 0 Å². The summed E-state index contributed by atoms with van der Waals surface area (Å²) in [7, 11) is 0. The zero-order chi connectivity index (χ0) is 10.6. The van der Waals surface area contributed by atoms with Crippen molar-refractivity contribution in [2.24, 2.45) is 0 Å². The third kappa shape index (κ3) is 1.13. The number of aromatic carboxylic acids is 1. The zero-order valence-electron chi connectivity index (χ0n) is 7.47. The summed E-state index contributed by atoms with van der Waals surface area (Å²) >= 11 is 0. The molecule has 2 aliphatic rings. The number of esters is 1. The van der Waals surface area contributed by atoms with Gasteiger partial charge in [0.1, 0.15) is 0 Å². The maximum atomic E-state index is 11.4. The molecule has 2 atom stereocenters. The topological polar surface area (TPSA) is 76.1 Å². The highest BCUT2D eigenvalue weighted by Crippen LogP contribution is 2.45. The Morgan fingerprint density at radius 1 is 1.40 bits per heavy atom. The number of carboxylic acid groups (broad SMARTS) is 1. The van der Waals surface area contributed by atoms with E-state index in [2.05, 4.69) is 0 Å². The number of benzene rings is 1. The van der Waals surface area contributed by atoms with E-state index in [0.29, 0.717) is 11.1 Å². The SMILES string of the molecule is O=C(O)c1ccc2c(c1)C1OC1OC2=O. The highest BCUT2D eigenvalue weighted by Gasteiger charge is 2.50. The van der Waals surface area contributed by atoms with Gasteiger partial charge in [0.25, 0.3) is 0 Å². The lowest BCUT2D eigenvalue weighted by atomic mass is 10.00. The molecule has 0 radical (unpaired) electrons. The molecule has 1 saturated heterocycles. The Hall–Kier alpha value is -1.88. The Bertz CT molecular complexity index is 479. The number of fused-ring (bicyclic) bond motifs is 3. The second-order valence-electron chi connectivity index (χ2n) is 3.44. The minimum atomic E-state index is -1.02. The molecule has 0 saturated carbocycles. The predicted octanol–water partition coefficient (Wildman–Crippen LogP) is 0.953. The van der Waals surface area contributed by atoms with Crippen LogP contribution in [0, 0.1) is 0 Å². The van der Waals surface area contributed by atoms with E-state index >= 15 is 0 Å². The molecule has 0 aliphatic carbocycles. The average molecular weight is 206 g/mol. The van der Waals surface area contributed by atoms with Crippen LogP contribution < -0.4 is 0 Å². The number of carbonyl (C=O) groups excluding carboxylic acids is 1. The van der Waals surface area contributed by atoms with Gasteiger partial charge in [0.05, 0.1) is 11.1 Å². The Balaban J connectivity index is 2.14. The number of rotatable bonds is 1. The lowest BCUT2D eigenvalue weighted by Crippen LogP contribution is -2.16. The van der Waals surface area contributed by atoms with Crippen molar-refractivity contribution >= 4 is 11.9 Å². The molecule has 15 heavy (non-hydrogen) atoms. The first kappa shape index (κ1) is 8.43. The van der Waals surface area contributed by atoms with Crippen LogP contribution in [0.4, 0.5) is 0 Å². The minimum Gasteiger partial charge on any atom is -0.478 e. The van der Waals surface area contributed by atoms with Crippen LogP contribution in [0.1, 0.15) is 32.4 Å². The van der Waals surface area contributed by atoms with Crippen molar-refractivity contribution in [1.29, 1.82) is 0 Å². The Kier molecular flexibility index (Phi) is 1.45. The molecule has 2 aliphatic heterocycles. The maximum absolute atomic E-state index is 11.4. The van der Waals surface area contributed by atoms with Gasteiger partial charge in [-0.25, -0.2) is 9.59 Å². The standard InChI is InChI=1S/C10H6O5/c11-8(12)4-1-2-5-6(3-4)7-10(14-7)15-9(5)13/h1-3,7,10H,(H,11,12). The predicted molar refractivity (Wildman–Crippen MR) is 46.4 cm³/mol. The third-order valence-electron chi connectivity index (χ3n) is 2.50. The molecule has 0 spiro atoms. The fraction of sp³-hybridized carbons (Fsp3) is 0.200. The highest BCUT2D eigenvalue weighted by molar-refractivity contribution is 5.95. The summed E-state index contributed by atoms with van der Waals surface area (Å²) in [6.45, 7) is 0. The Morgan fingerprint density at radius 2 is 2.20 bits per heavy atom. The molecular weight excluding hydrogens is 200 g/mol. The van der Waals surface area contributed by atoms with Gasteiger partial charge in [-0.1, -0.05) is 0 Å². The summed E-state index contributed by atoms with van der Waals surface area (Å²) in [5, 5.41) is 8.80. The molecule has 0 amide bonds. The second-order valence-corrected chi connectivity index (χ2v) is 3.44. The lowest BCUT2D eigenvalue weighted by molar-refractivity contribution is 0.0290. The molecule has 2 unspecified atom stereocenters. The van der Waals surface area contributed by atoms with Crippen molar-refractivity contribution in [3.63, 3.8) is 0 Å². The van der Waals surface area contributed by atoms with Crippen molar-refractivity contribution in [2.75, 3.05) is 0 Å². The Morgan fingerprint density at radius 3 is 2.93 bits per heavy atom. The molecule has 3 rings (SSSR count). The van der Waals surface area contributed by atoms with Gasteiger partial charge in [-0.05, 0) is 18.2 Å². The number of hydrogen-bond donors (Lipinski definition) is 1. The van der Waals surface area contributed by atoms with Gasteiger partial charge in [-0.3, -0.25) is 0 Å². The van der Waals surface area contributed by atoms with Crippen LogP contribution in [0.25, 0.3) is 0 Å². The molecule has 0 aromatic heterocycles. The summed E-state index contributed by atoms with van der Waals surface area (Å²) < 4.78 is 9.95. The van der Waals surface area contributed by atoms with E-state index in [4.69, 9.17) is 14.6 Å². The lowest BCUT2D eigenvalue weighted by Gasteiger charge is -2.11. The first-order valence-corrected chi connectivity index (χ1v) is 4.40. The van der Waals surface area contributed by atoms with E-state index in [1.165, 1.54) is 18.2 Å². The first-order chi connectivity index (χ1) is 7.16. The molecular formula is C10H6O5. The molecule has 76 valence electrons. The van der Waals surface area contributed by atoms with Crippen LogP contribution in [-0.2, 0) is 9.47 Å². The Labute approximate surface area is 84.2 Å². The van der Waals surface area contributed by atoms with Crippen LogP contribution in [0.15, 0.2) is 18.2 Å². The highest BCUT2D eigenvalue weighted by atomic mass is 16.8. The number of epoxide rings is 1. The minimum absolute atomic E-state index is 0.151. The van der Waals surface area contributed by atoms with Gasteiger partial charge < -0.3 is 14.6 Å². The number of ether oxygens (including phenoxy) is 2. The van der Waals surface area contributed by atoms with Crippen LogP contribution in [0.2, 0.25) is 0 Å². The van der Waals surface area contributed by atoms with Gasteiger partial charge in [-0.15, -0.1) is 0 Å². The monoisotopic (exact) mass is 206 g/mol. The molecule has 5 nitrogen and oxygen atoms in total. The van der Waals surface area contributed by atoms with E-state index in [0.717, 1.165) is 0 Å². The average Bonchev–Trinajstić information content (AvgIpc) is 2.96. The second kappa shape index (κ2) is 2.58. The van der Waals surface area contributed by atoms with Crippen molar-refractivity contribution in [2.45, 2.75) is 12.4 Å². The molecule has 0 bridgehead atoms. The third-order valence-corrected chi connectivity index (χ3v) is 2.50. The quantitative estimate of drug-likeness (QED) is 0.546. The molecule has 1 fully saturated rings. The van der Waals surface area contributed by atoms with E-state index in [-0.39, 0.29) is 11.7 Å². The van der Waals surface area contributed by atoms with Gasteiger partial charge in [0.2, 0.25) is 6.29 Å². The van der Waals surface area contributed by atoms with Gasteiger partial charge >= 0.3 is 11.9 Å². The molecule has 5 heteroatoms. The summed E-state index contributed by atoms with van der Waals surface area (Å²) in [4.78, 5) is 22.1.